The van der Waals surface area contributed by atoms with Crippen molar-refractivity contribution in [3.8, 4) is 5.69 Å². The number of benzene rings is 1. The molecule has 8 heteroatoms. The third-order valence-electron chi connectivity index (χ3n) is 5.23. The molecule has 1 saturated carbocycles. The molecule has 162 valence electrons. The number of carbonyl (C=O) groups excluding carboxylic acids is 2. The van der Waals surface area contributed by atoms with E-state index in [1.807, 2.05) is 36.4 Å². The van der Waals surface area contributed by atoms with Gasteiger partial charge in [0.2, 0.25) is 11.8 Å². The molecule has 0 spiro atoms. The van der Waals surface area contributed by atoms with Crippen LogP contribution in [-0.2, 0) is 14.3 Å². The van der Waals surface area contributed by atoms with E-state index in [2.05, 4.69) is 10.6 Å². The van der Waals surface area contributed by atoms with Crippen LogP contribution in [0.15, 0.2) is 36.4 Å². The van der Waals surface area contributed by atoms with Crippen molar-refractivity contribution in [2.75, 3.05) is 45.7 Å². The van der Waals surface area contributed by atoms with Gasteiger partial charge in [0, 0.05) is 25.6 Å². The van der Waals surface area contributed by atoms with Crippen molar-refractivity contribution in [3.05, 3.63) is 42.1 Å². The smallest absolute Gasteiger partial charge is 0.239 e. The fourth-order valence-corrected chi connectivity index (χ4v) is 3.75. The molecular weight excluding hydrogens is 382 g/mol. The molecule has 1 fully saturated rings. The van der Waals surface area contributed by atoms with Gasteiger partial charge >= 0.3 is 0 Å². The van der Waals surface area contributed by atoms with Crippen molar-refractivity contribution >= 4 is 17.6 Å². The number of likely N-dealkylation sites (N-methyl/N-ethyl adjacent to an activating group) is 1. The molecule has 3 rings (SSSR count). The molecular formula is C22H31N5O3. The Morgan fingerprint density at radius 2 is 1.87 bits per heavy atom. The molecule has 0 atom stereocenters. The van der Waals surface area contributed by atoms with E-state index in [1.165, 1.54) is 12.8 Å². The highest BCUT2D eigenvalue weighted by Gasteiger charge is 2.22. The summed E-state index contributed by atoms with van der Waals surface area (Å²) in [6, 6.07) is 11.8. The number of methoxy groups -OCH3 is 1. The van der Waals surface area contributed by atoms with Crippen LogP contribution in [0.4, 0.5) is 5.82 Å². The first-order chi connectivity index (χ1) is 14.6. The fourth-order valence-electron chi connectivity index (χ4n) is 3.75. The molecule has 1 heterocycles. The highest BCUT2D eigenvalue weighted by atomic mass is 16.5. The highest BCUT2D eigenvalue weighted by Crippen LogP contribution is 2.35. The Balaban J connectivity index is 1.64. The topological polar surface area (TPSA) is 88.5 Å². The predicted octanol–water partition coefficient (Wildman–Crippen LogP) is 2.16. The quantitative estimate of drug-likeness (QED) is 0.583. The van der Waals surface area contributed by atoms with Crippen LogP contribution in [0, 0.1) is 0 Å². The van der Waals surface area contributed by atoms with Gasteiger partial charge in [-0.05, 0) is 32.0 Å². The van der Waals surface area contributed by atoms with Crippen LogP contribution in [0.25, 0.3) is 5.69 Å². The van der Waals surface area contributed by atoms with Crippen LogP contribution in [0.2, 0.25) is 0 Å². The number of hydrogen-bond donors (Lipinski definition) is 2. The second kappa shape index (κ2) is 10.9. The molecule has 0 radical (unpaired) electrons. The summed E-state index contributed by atoms with van der Waals surface area (Å²) in [7, 11) is 3.33. The number of anilines is 1. The van der Waals surface area contributed by atoms with Crippen molar-refractivity contribution in [2.45, 2.75) is 31.6 Å². The van der Waals surface area contributed by atoms with Crippen molar-refractivity contribution < 1.29 is 14.3 Å². The van der Waals surface area contributed by atoms with E-state index in [0.29, 0.717) is 24.9 Å². The molecule has 0 saturated heterocycles. The molecule has 2 N–H and O–H groups in total. The van der Waals surface area contributed by atoms with Gasteiger partial charge in [-0.1, -0.05) is 31.0 Å². The van der Waals surface area contributed by atoms with E-state index in [1.54, 1.807) is 23.7 Å². The minimum absolute atomic E-state index is 0.108. The molecule has 2 aromatic rings. The number of nitrogens with one attached hydrogen (secondary N) is 2. The summed E-state index contributed by atoms with van der Waals surface area (Å²) < 4.78 is 6.71. The zero-order chi connectivity index (χ0) is 21.3. The number of ether oxygens (including phenoxy) is 1. The van der Waals surface area contributed by atoms with Crippen LogP contribution in [0.1, 0.15) is 37.3 Å². The Bertz CT molecular complexity index is 831. The lowest BCUT2D eigenvalue weighted by atomic mass is 10.0. The lowest BCUT2D eigenvalue weighted by molar-refractivity contribution is -0.123. The highest BCUT2D eigenvalue weighted by molar-refractivity contribution is 5.92. The van der Waals surface area contributed by atoms with E-state index in [0.717, 1.165) is 24.2 Å². The molecule has 0 unspecified atom stereocenters. The number of rotatable bonds is 10. The second-order valence-electron chi connectivity index (χ2n) is 7.75. The Labute approximate surface area is 177 Å². The van der Waals surface area contributed by atoms with Crippen LogP contribution in [-0.4, -0.2) is 66.9 Å². The van der Waals surface area contributed by atoms with Crippen LogP contribution < -0.4 is 10.6 Å². The molecule has 1 aromatic heterocycles. The average molecular weight is 414 g/mol. The van der Waals surface area contributed by atoms with Gasteiger partial charge in [0.25, 0.3) is 0 Å². The number of carbonyl (C=O) groups is 2. The number of hydrogen-bond acceptors (Lipinski definition) is 5. The monoisotopic (exact) mass is 413 g/mol. The van der Waals surface area contributed by atoms with Gasteiger partial charge in [0.1, 0.15) is 5.82 Å². The van der Waals surface area contributed by atoms with Crippen LogP contribution in [0.5, 0.6) is 0 Å². The Morgan fingerprint density at radius 3 is 2.57 bits per heavy atom. The molecule has 0 aliphatic heterocycles. The standard InChI is InChI=1S/C22H31N5O3/c1-26(15-21(28)23-12-13-30-2)16-22(29)24-20-14-19(17-8-6-7-9-17)25-27(20)18-10-4-3-5-11-18/h3-5,10-11,14,17H,6-9,12-13,15-16H2,1-2H3,(H,23,28)(H,24,29). The summed E-state index contributed by atoms with van der Waals surface area (Å²) in [6.45, 7) is 1.16. The van der Waals surface area contributed by atoms with Crippen LogP contribution >= 0.6 is 0 Å². The lowest BCUT2D eigenvalue weighted by Gasteiger charge is -2.16. The molecule has 0 bridgehead atoms. The van der Waals surface area contributed by atoms with Gasteiger partial charge in [-0.3, -0.25) is 14.5 Å². The first-order valence-electron chi connectivity index (χ1n) is 10.5. The van der Waals surface area contributed by atoms with E-state index in [9.17, 15) is 9.59 Å². The van der Waals surface area contributed by atoms with Crippen molar-refractivity contribution in [3.63, 3.8) is 0 Å². The third kappa shape index (κ3) is 6.14. The van der Waals surface area contributed by atoms with Gasteiger partial charge in [-0.25, -0.2) is 4.68 Å². The van der Waals surface area contributed by atoms with Gasteiger partial charge in [0.05, 0.1) is 31.1 Å². The number of nitrogens with zero attached hydrogens (tertiary/aromatic N) is 3. The minimum Gasteiger partial charge on any atom is -0.383 e. The normalized spacial score (nSPS) is 14.2. The Hall–Kier alpha value is -2.71. The summed E-state index contributed by atoms with van der Waals surface area (Å²) in [5.74, 6) is 0.785. The number of para-hydroxylation sites is 1. The largest absolute Gasteiger partial charge is 0.383 e. The van der Waals surface area contributed by atoms with Gasteiger partial charge in [-0.2, -0.15) is 5.10 Å². The SMILES string of the molecule is COCCNC(=O)CN(C)CC(=O)Nc1cc(C2CCCC2)nn1-c1ccccc1. The molecule has 1 aliphatic carbocycles. The molecule has 8 nitrogen and oxygen atoms in total. The molecule has 1 aliphatic rings. The number of aromatic nitrogens is 2. The average Bonchev–Trinajstić information content (AvgIpc) is 3.38. The van der Waals surface area contributed by atoms with Gasteiger partial charge in [-0.15, -0.1) is 0 Å². The van der Waals surface area contributed by atoms with Crippen LogP contribution in [0.3, 0.4) is 0 Å². The third-order valence-corrected chi connectivity index (χ3v) is 5.23. The summed E-state index contributed by atoms with van der Waals surface area (Å²) in [4.78, 5) is 26.2. The summed E-state index contributed by atoms with van der Waals surface area (Å²) >= 11 is 0. The first kappa shape index (κ1) is 22.0. The Morgan fingerprint density at radius 1 is 1.17 bits per heavy atom. The lowest BCUT2D eigenvalue weighted by Crippen LogP contribution is -2.39. The van der Waals surface area contributed by atoms with E-state index in [4.69, 9.17) is 9.84 Å². The number of amides is 2. The van der Waals surface area contributed by atoms with E-state index in [-0.39, 0.29) is 24.9 Å². The summed E-state index contributed by atoms with van der Waals surface area (Å²) in [5, 5.41) is 10.5. The summed E-state index contributed by atoms with van der Waals surface area (Å²) in [6.07, 6.45) is 4.73. The van der Waals surface area contributed by atoms with E-state index < -0.39 is 0 Å². The predicted molar refractivity (Wildman–Crippen MR) is 116 cm³/mol. The van der Waals surface area contributed by atoms with Gasteiger partial charge < -0.3 is 15.4 Å². The van der Waals surface area contributed by atoms with Crippen molar-refractivity contribution in [2.24, 2.45) is 0 Å². The zero-order valence-electron chi connectivity index (χ0n) is 17.8. The summed E-state index contributed by atoms with van der Waals surface area (Å²) in [5.41, 5.74) is 1.93. The maximum atomic E-state index is 12.6. The van der Waals surface area contributed by atoms with Gasteiger partial charge in [0.15, 0.2) is 0 Å². The zero-order valence-corrected chi connectivity index (χ0v) is 17.8. The minimum atomic E-state index is -0.183. The molecule has 30 heavy (non-hydrogen) atoms. The Kier molecular flexibility index (Phi) is 7.98. The second-order valence-corrected chi connectivity index (χ2v) is 7.75. The maximum absolute atomic E-state index is 12.6. The van der Waals surface area contributed by atoms with Crippen molar-refractivity contribution in [1.29, 1.82) is 0 Å². The maximum Gasteiger partial charge on any atom is 0.239 e. The first-order valence-corrected chi connectivity index (χ1v) is 10.5. The molecule has 1 aromatic carbocycles. The molecule has 2 amide bonds. The van der Waals surface area contributed by atoms with E-state index >= 15 is 0 Å². The van der Waals surface area contributed by atoms with Crippen molar-refractivity contribution in [1.82, 2.24) is 20.0 Å². The fraction of sp³-hybridized carbons (Fsp3) is 0.500.